The number of anilines is 3. The predicted octanol–water partition coefficient (Wildman–Crippen LogP) is 16.5. The molecule has 0 amide bonds. The Labute approximate surface area is 388 Å². The van der Waals surface area contributed by atoms with E-state index in [-0.39, 0.29) is 0 Å². The molecule has 66 heavy (non-hydrogen) atoms. The van der Waals surface area contributed by atoms with Gasteiger partial charge in [0.15, 0.2) is 0 Å². The minimum atomic E-state index is -0.540. The quantitative estimate of drug-likeness (QED) is 0.161. The van der Waals surface area contributed by atoms with Gasteiger partial charge in [0, 0.05) is 17.1 Å². The van der Waals surface area contributed by atoms with Gasteiger partial charge < -0.3 is 4.90 Å². The minimum Gasteiger partial charge on any atom is -0.310 e. The maximum absolute atomic E-state index is 2.52. The van der Waals surface area contributed by atoms with Crippen molar-refractivity contribution in [3.8, 4) is 44.5 Å². The normalized spacial score (nSPS) is 16.8. The molecule has 1 heteroatoms. The lowest BCUT2D eigenvalue weighted by atomic mass is 9.67. The van der Waals surface area contributed by atoms with Crippen LogP contribution in [0.15, 0.2) is 231 Å². The number of benzene rings is 10. The highest BCUT2D eigenvalue weighted by molar-refractivity contribution is 5.97. The summed E-state index contributed by atoms with van der Waals surface area (Å²) >= 11 is 0. The van der Waals surface area contributed by atoms with Crippen molar-refractivity contribution < 1.29 is 0 Å². The maximum Gasteiger partial charge on any atom is 0.0726 e. The van der Waals surface area contributed by atoms with E-state index in [4.69, 9.17) is 0 Å². The highest BCUT2D eigenvalue weighted by Gasteiger charge is 2.52. The van der Waals surface area contributed by atoms with Crippen molar-refractivity contribution in [2.45, 2.75) is 31.6 Å². The monoisotopic (exact) mass is 841 g/mol. The average Bonchev–Trinajstić information content (AvgIpc) is 3.94. The molecule has 1 spiro atoms. The molecule has 2 atom stereocenters. The number of rotatable bonds is 6. The maximum atomic E-state index is 2.52. The summed E-state index contributed by atoms with van der Waals surface area (Å²) < 4.78 is 0. The minimum absolute atomic E-state index is 0.464. The molecule has 0 fully saturated rings. The van der Waals surface area contributed by atoms with E-state index in [9.17, 15) is 0 Å². The Balaban J connectivity index is 1.09. The molecule has 0 N–H and O–H groups in total. The van der Waals surface area contributed by atoms with Crippen molar-refractivity contribution >= 4 is 17.1 Å². The van der Waals surface area contributed by atoms with E-state index < -0.39 is 10.8 Å². The fourth-order valence-electron chi connectivity index (χ4n) is 12.3. The summed E-state index contributed by atoms with van der Waals surface area (Å²) in [6.45, 7) is 6.70. The van der Waals surface area contributed by atoms with Gasteiger partial charge >= 0.3 is 0 Å². The number of aryl methyl sites for hydroxylation is 3. The van der Waals surface area contributed by atoms with Gasteiger partial charge in [0.1, 0.15) is 0 Å². The van der Waals surface area contributed by atoms with Crippen LogP contribution in [0.2, 0.25) is 0 Å². The highest BCUT2D eigenvalue weighted by Crippen LogP contribution is 2.64. The summed E-state index contributed by atoms with van der Waals surface area (Å²) in [5, 5.41) is 0. The summed E-state index contributed by atoms with van der Waals surface area (Å²) in [6.07, 6.45) is 0. The molecule has 0 aromatic heterocycles. The lowest BCUT2D eigenvalue weighted by Gasteiger charge is -2.35. The zero-order chi connectivity index (χ0) is 44.1. The number of hydrogen-bond acceptors (Lipinski definition) is 1. The molecule has 10 aromatic carbocycles. The fourth-order valence-corrected chi connectivity index (χ4v) is 12.3. The van der Waals surface area contributed by atoms with Crippen molar-refractivity contribution in [2.75, 3.05) is 4.90 Å². The SMILES string of the molecule is Cc1cc(C)cc(C2(c3ccccc3)c3ccccc3-c3ccc(N(c4ccc(-c5ccccc5)cc4)c4ccc5c(c4)C4(c6ccccc6-c6ccc(C)cc64)c4ccccc4-5)cc32)c1. The summed E-state index contributed by atoms with van der Waals surface area (Å²) in [5.74, 6) is 0. The van der Waals surface area contributed by atoms with E-state index in [0.717, 1.165) is 17.1 Å². The van der Waals surface area contributed by atoms with Crippen LogP contribution in [-0.2, 0) is 10.8 Å². The molecule has 10 aromatic rings. The van der Waals surface area contributed by atoms with E-state index in [1.165, 1.54) is 106 Å². The molecule has 13 rings (SSSR count). The first-order valence-electron chi connectivity index (χ1n) is 23.2. The number of fused-ring (bicyclic) bond motifs is 13. The number of nitrogens with zero attached hydrogens (tertiary/aromatic N) is 1. The summed E-state index contributed by atoms with van der Waals surface area (Å²) in [7, 11) is 0. The standard InChI is InChI=1S/C65H47N/c1-42-26-33-55-53-21-11-14-24-59(53)65(61(55)39-42)60-25-15-12-22-54(60)57-35-32-51(41-63(57)65)66(49-29-27-46(28-30-49)45-16-6-4-7-17-45)50-31-34-56-52-20-10-13-23-58(52)64(62(56)40-50,47-18-8-5-9-19-47)48-37-43(2)36-44(3)38-48/h4-41H,1-3H3. The summed E-state index contributed by atoms with van der Waals surface area (Å²) in [6, 6.07) is 87.1. The number of hydrogen-bond donors (Lipinski definition) is 0. The Morgan fingerprint density at radius 3 is 1.23 bits per heavy atom. The van der Waals surface area contributed by atoms with Crippen LogP contribution >= 0.6 is 0 Å². The van der Waals surface area contributed by atoms with Crippen LogP contribution in [0.25, 0.3) is 44.5 Å². The Kier molecular flexibility index (Phi) is 8.45. The van der Waals surface area contributed by atoms with Gasteiger partial charge in [-0.25, -0.2) is 0 Å². The summed E-state index contributed by atoms with van der Waals surface area (Å²) in [4.78, 5) is 2.50. The third-order valence-electron chi connectivity index (χ3n) is 14.9. The lowest BCUT2D eigenvalue weighted by molar-refractivity contribution is 0.766. The Hall–Kier alpha value is -8.00. The first kappa shape index (κ1) is 38.5. The molecule has 2 unspecified atom stereocenters. The van der Waals surface area contributed by atoms with Gasteiger partial charge in [-0.15, -0.1) is 0 Å². The van der Waals surface area contributed by atoms with Gasteiger partial charge in [-0.1, -0.05) is 211 Å². The Bertz CT molecular complexity index is 3530. The molecule has 0 radical (unpaired) electrons. The van der Waals surface area contributed by atoms with Crippen molar-refractivity contribution in [3.63, 3.8) is 0 Å². The van der Waals surface area contributed by atoms with Gasteiger partial charge in [0.25, 0.3) is 0 Å². The van der Waals surface area contributed by atoms with Crippen LogP contribution in [0.5, 0.6) is 0 Å². The predicted molar refractivity (Wildman–Crippen MR) is 274 cm³/mol. The van der Waals surface area contributed by atoms with Crippen LogP contribution in [0, 0.1) is 20.8 Å². The second-order valence-corrected chi connectivity index (χ2v) is 18.6. The molecule has 0 bridgehead atoms. The molecule has 3 aliphatic carbocycles. The van der Waals surface area contributed by atoms with Gasteiger partial charge in [0.05, 0.1) is 10.8 Å². The first-order valence-corrected chi connectivity index (χ1v) is 23.2. The third-order valence-corrected chi connectivity index (χ3v) is 14.9. The van der Waals surface area contributed by atoms with Crippen LogP contribution in [0.3, 0.4) is 0 Å². The largest absolute Gasteiger partial charge is 0.310 e. The van der Waals surface area contributed by atoms with E-state index in [0.29, 0.717) is 0 Å². The molecule has 0 aliphatic heterocycles. The van der Waals surface area contributed by atoms with Gasteiger partial charge in [-0.2, -0.15) is 0 Å². The van der Waals surface area contributed by atoms with Crippen molar-refractivity contribution in [1.82, 2.24) is 0 Å². The van der Waals surface area contributed by atoms with Crippen LogP contribution in [0.4, 0.5) is 17.1 Å². The van der Waals surface area contributed by atoms with Crippen molar-refractivity contribution in [2.24, 2.45) is 0 Å². The fraction of sp³-hybridized carbons (Fsp3) is 0.0769. The second-order valence-electron chi connectivity index (χ2n) is 18.6. The van der Waals surface area contributed by atoms with E-state index >= 15 is 0 Å². The Morgan fingerprint density at radius 1 is 0.258 bits per heavy atom. The highest BCUT2D eigenvalue weighted by atomic mass is 15.1. The lowest BCUT2D eigenvalue weighted by Crippen LogP contribution is -2.29. The first-order chi connectivity index (χ1) is 32.4. The van der Waals surface area contributed by atoms with Crippen molar-refractivity contribution in [3.05, 3.63) is 292 Å². The van der Waals surface area contributed by atoms with E-state index in [1.807, 2.05) is 0 Å². The molecule has 0 saturated heterocycles. The van der Waals surface area contributed by atoms with Gasteiger partial charge in [0.2, 0.25) is 0 Å². The molecular weight excluding hydrogens is 795 g/mol. The Morgan fingerprint density at radius 2 is 0.667 bits per heavy atom. The molecule has 1 nitrogen and oxygen atoms in total. The van der Waals surface area contributed by atoms with E-state index in [2.05, 4.69) is 256 Å². The third kappa shape index (κ3) is 5.35. The summed E-state index contributed by atoms with van der Waals surface area (Å²) in [5.41, 5.74) is 26.9. The van der Waals surface area contributed by atoms with Crippen LogP contribution < -0.4 is 4.90 Å². The molecular formula is C65H47N. The van der Waals surface area contributed by atoms with Gasteiger partial charge in [-0.3, -0.25) is 0 Å². The van der Waals surface area contributed by atoms with E-state index in [1.54, 1.807) is 0 Å². The second kappa shape index (κ2) is 14.5. The van der Waals surface area contributed by atoms with Gasteiger partial charge in [-0.05, 0) is 146 Å². The molecule has 312 valence electrons. The van der Waals surface area contributed by atoms with Crippen LogP contribution in [-0.4, -0.2) is 0 Å². The van der Waals surface area contributed by atoms with Crippen LogP contribution in [0.1, 0.15) is 61.2 Å². The molecule has 0 saturated carbocycles. The van der Waals surface area contributed by atoms with Crippen molar-refractivity contribution in [1.29, 1.82) is 0 Å². The smallest absolute Gasteiger partial charge is 0.0726 e. The molecule has 0 heterocycles. The zero-order valence-corrected chi connectivity index (χ0v) is 37.4. The zero-order valence-electron chi connectivity index (χ0n) is 37.4. The average molecular weight is 842 g/mol. The topological polar surface area (TPSA) is 3.24 Å². The molecule has 3 aliphatic rings.